The molecule has 1 aliphatic carbocycles. The van der Waals surface area contributed by atoms with Gasteiger partial charge in [0, 0.05) is 46.7 Å². The van der Waals surface area contributed by atoms with Crippen molar-refractivity contribution in [2.75, 3.05) is 52.8 Å². The Kier molecular flexibility index (Phi) is 6.45. The van der Waals surface area contributed by atoms with Gasteiger partial charge in [0.05, 0.1) is 18.8 Å². The number of aromatic nitrogens is 1. The van der Waals surface area contributed by atoms with E-state index in [1.807, 2.05) is 26.0 Å². The summed E-state index contributed by atoms with van der Waals surface area (Å²) in [6.45, 7) is 3.18. The Morgan fingerprint density at radius 1 is 1.45 bits per heavy atom. The molecule has 1 N–H and O–H groups in total. The molecule has 1 aliphatic rings. The van der Waals surface area contributed by atoms with Crippen LogP contribution in [-0.2, 0) is 11.3 Å². The monoisotopic (exact) mass is 325 g/mol. The van der Waals surface area contributed by atoms with Crippen molar-refractivity contribution in [3.05, 3.63) is 11.1 Å². The minimum Gasteiger partial charge on any atom is -0.379 e. The summed E-state index contributed by atoms with van der Waals surface area (Å²) in [6, 6.07) is 0. The van der Waals surface area contributed by atoms with Gasteiger partial charge < -0.3 is 19.9 Å². The van der Waals surface area contributed by atoms with Crippen LogP contribution < -0.4 is 10.2 Å². The van der Waals surface area contributed by atoms with Crippen LogP contribution in [0.1, 0.15) is 18.5 Å². The molecule has 1 aromatic heterocycles. The molecule has 0 unspecified atom stereocenters. The minimum atomic E-state index is 0.685. The largest absolute Gasteiger partial charge is 0.379 e. The zero-order valence-corrected chi connectivity index (χ0v) is 14.8. The number of nitrogens with zero attached hydrogens (tertiary/aromatic N) is 4. The number of nitrogens with one attached hydrogen (secondary N) is 1. The number of ether oxygens (including phenoxy) is 1. The van der Waals surface area contributed by atoms with E-state index in [0.29, 0.717) is 6.54 Å². The van der Waals surface area contributed by atoms with Gasteiger partial charge in [0.25, 0.3) is 0 Å². The number of hydrogen-bond donors (Lipinski definition) is 1. The third-order valence-corrected chi connectivity index (χ3v) is 4.60. The van der Waals surface area contributed by atoms with Crippen LogP contribution in [0.3, 0.4) is 0 Å². The maximum atomic E-state index is 5.67. The molecule has 0 spiro atoms. The lowest BCUT2D eigenvalue weighted by molar-refractivity contribution is 0.115. The Morgan fingerprint density at radius 3 is 2.82 bits per heavy atom. The fourth-order valence-electron chi connectivity index (χ4n) is 1.98. The Labute approximate surface area is 137 Å². The molecular weight excluding hydrogens is 298 g/mol. The molecule has 1 fully saturated rings. The summed E-state index contributed by atoms with van der Waals surface area (Å²) in [6.07, 6.45) is 2.67. The van der Waals surface area contributed by atoms with Crippen molar-refractivity contribution in [3.63, 3.8) is 0 Å². The first-order chi connectivity index (χ1) is 10.6. The molecule has 0 saturated heterocycles. The third-order valence-electron chi connectivity index (χ3n) is 3.54. The van der Waals surface area contributed by atoms with Crippen molar-refractivity contribution in [1.82, 2.24) is 15.2 Å². The molecule has 1 heterocycles. The lowest BCUT2D eigenvalue weighted by Crippen LogP contribution is -2.40. The van der Waals surface area contributed by atoms with Crippen LogP contribution in [0.15, 0.2) is 10.4 Å². The molecule has 0 amide bonds. The van der Waals surface area contributed by atoms with E-state index < -0.39 is 0 Å². The van der Waals surface area contributed by atoms with Crippen LogP contribution in [-0.4, -0.2) is 63.8 Å². The molecule has 6 nitrogen and oxygen atoms in total. The summed E-state index contributed by atoms with van der Waals surface area (Å²) in [7, 11) is 7.84. The van der Waals surface area contributed by atoms with E-state index in [4.69, 9.17) is 4.74 Å². The topological polar surface area (TPSA) is 53.0 Å². The first kappa shape index (κ1) is 17.0. The predicted molar refractivity (Wildman–Crippen MR) is 92.8 cm³/mol. The summed E-state index contributed by atoms with van der Waals surface area (Å²) in [4.78, 5) is 13.0. The number of anilines is 1. The van der Waals surface area contributed by atoms with E-state index in [-0.39, 0.29) is 0 Å². The number of hydrogen-bond acceptors (Lipinski definition) is 5. The van der Waals surface area contributed by atoms with Gasteiger partial charge in [-0.3, -0.25) is 4.99 Å². The normalized spacial score (nSPS) is 15.0. The average Bonchev–Trinajstić information content (AvgIpc) is 3.19. The smallest absolute Gasteiger partial charge is 0.193 e. The van der Waals surface area contributed by atoms with Crippen molar-refractivity contribution in [3.8, 4) is 0 Å². The average molecular weight is 325 g/mol. The van der Waals surface area contributed by atoms with Crippen LogP contribution in [0, 0.1) is 5.92 Å². The predicted octanol–water partition coefficient (Wildman–Crippen LogP) is 1.64. The quantitative estimate of drug-likeness (QED) is 0.447. The molecule has 0 radical (unpaired) electrons. The van der Waals surface area contributed by atoms with E-state index >= 15 is 0 Å². The standard InChI is InChI=1S/C15H27N5OS/c1-16-14(20(4)7-8-21-10-12-5-6-12)17-9-13-11-22-15(18-13)19(2)3/h11-12H,5-10H2,1-4H3,(H,16,17). The van der Waals surface area contributed by atoms with Crippen molar-refractivity contribution in [2.45, 2.75) is 19.4 Å². The van der Waals surface area contributed by atoms with Crippen LogP contribution in [0.25, 0.3) is 0 Å². The van der Waals surface area contributed by atoms with E-state index in [9.17, 15) is 0 Å². The maximum Gasteiger partial charge on any atom is 0.193 e. The van der Waals surface area contributed by atoms with Gasteiger partial charge in [-0.05, 0) is 18.8 Å². The highest BCUT2D eigenvalue weighted by molar-refractivity contribution is 7.13. The van der Waals surface area contributed by atoms with E-state index in [1.54, 1.807) is 18.4 Å². The second kappa shape index (κ2) is 8.33. The molecule has 0 atom stereocenters. The number of aliphatic imine (C=N–C) groups is 1. The van der Waals surface area contributed by atoms with Gasteiger partial charge in [0.1, 0.15) is 0 Å². The SMILES string of the molecule is CN=C(NCc1csc(N(C)C)n1)N(C)CCOCC1CC1. The van der Waals surface area contributed by atoms with Gasteiger partial charge in [-0.15, -0.1) is 11.3 Å². The van der Waals surface area contributed by atoms with Gasteiger partial charge in [0.2, 0.25) is 0 Å². The number of guanidine groups is 1. The zero-order chi connectivity index (χ0) is 15.9. The van der Waals surface area contributed by atoms with E-state index in [0.717, 1.165) is 42.5 Å². The highest BCUT2D eigenvalue weighted by atomic mass is 32.1. The maximum absolute atomic E-state index is 5.67. The molecule has 22 heavy (non-hydrogen) atoms. The first-order valence-corrected chi connectivity index (χ1v) is 8.59. The summed E-state index contributed by atoms with van der Waals surface area (Å²) in [5, 5.41) is 6.45. The Hall–Kier alpha value is -1.34. The Bertz CT molecular complexity index is 484. The van der Waals surface area contributed by atoms with Crippen LogP contribution in [0.5, 0.6) is 0 Å². The molecule has 0 aromatic carbocycles. The summed E-state index contributed by atoms with van der Waals surface area (Å²) >= 11 is 1.65. The molecular formula is C15H27N5OS. The zero-order valence-electron chi connectivity index (χ0n) is 14.0. The Morgan fingerprint density at radius 2 is 2.23 bits per heavy atom. The van der Waals surface area contributed by atoms with E-state index in [1.165, 1.54) is 12.8 Å². The van der Waals surface area contributed by atoms with Crippen LogP contribution in [0.2, 0.25) is 0 Å². The third kappa shape index (κ3) is 5.46. The summed E-state index contributed by atoms with van der Waals surface area (Å²) in [5.74, 6) is 1.69. The highest BCUT2D eigenvalue weighted by Gasteiger charge is 2.21. The summed E-state index contributed by atoms with van der Waals surface area (Å²) < 4.78 is 5.67. The molecule has 1 aromatic rings. The van der Waals surface area contributed by atoms with Gasteiger partial charge in [-0.1, -0.05) is 0 Å². The van der Waals surface area contributed by atoms with Crippen molar-refractivity contribution in [1.29, 1.82) is 0 Å². The van der Waals surface area contributed by atoms with Crippen molar-refractivity contribution >= 4 is 22.4 Å². The van der Waals surface area contributed by atoms with Gasteiger partial charge in [-0.2, -0.15) is 0 Å². The number of rotatable bonds is 8. The second-order valence-corrected chi connectivity index (χ2v) is 6.69. The van der Waals surface area contributed by atoms with Gasteiger partial charge >= 0.3 is 0 Å². The number of thiazole rings is 1. The summed E-state index contributed by atoms with van der Waals surface area (Å²) in [5.41, 5.74) is 1.04. The molecule has 1 saturated carbocycles. The van der Waals surface area contributed by atoms with Crippen LogP contribution in [0.4, 0.5) is 5.13 Å². The fourth-order valence-corrected chi connectivity index (χ4v) is 2.74. The Balaban J connectivity index is 1.70. The van der Waals surface area contributed by atoms with Gasteiger partial charge in [-0.25, -0.2) is 4.98 Å². The molecule has 124 valence electrons. The molecule has 0 bridgehead atoms. The first-order valence-electron chi connectivity index (χ1n) is 7.71. The lowest BCUT2D eigenvalue weighted by Gasteiger charge is -2.21. The lowest BCUT2D eigenvalue weighted by atomic mass is 10.4. The van der Waals surface area contributed by atoms with Crippen LogP contribution >= 0.6 is 11.3 Å². The molecule has 0 aliphatic heterocycles. The second-order valence-electron chi connectivity index (χ2n) is 5.86. The highest BCUT2D eigenvalue weighted by Crippen LogP contribution is 2.28. The van der Waals surface area contributed by atoms with Crippen molar-refractivity contribution < 1.29 is 4.74 Å². The van der Waals surface area contributed by atoms with Crippen molar-refractivity contribution in [2.24, 2.45) is 10.9 Å². The fraction of sp³-hybridized carbons (Fsp3) is 0.733. The minimum absolute atomic E-state index is 0.685. The van der Waals surface area contributed by atoms with E-state index in [2.05, 4.69) is 25.6 Å². The number of likely N-dealkylation sites (N-methyl/N-ethyl adjacent to an activating group) is 1. The molecule has 2 rings (SSSR count). The molecule has 7 heteroatoms. The van der Waals surface area contributed by atoms with Gasteiger partial charge in [0.15, 0.2) is 11.1 Å².